The number of aliphatic carboxylic acids is 1. The second kappa shape index (κ2) is 6.45. The van der Waals surface area contributed by atoms with Gasteiger partial charge < -0.3 is 19.9 Å². The normalized spacial score (nSPS) is 15.9. The van der Waals surface area contributed by atoms with Crippen molar-refractivity contribution in [3.8, 4) is 11.5 Å². The zero-order chi connectivity index (χ0) is 14.7. The minimum absolute atomic E-state index is 0.0697. The van der Waals surface area contributed by atoms with Gasteiger partial charge in [0.1, 0.15) is 6.04 Å². The van der Waals surface area contributed by atoms with Gasteiger partial charge in [-0.25, -0.2) is 0 Å². The monoisotopic (exact) mass is 343 g/mol. The van der Waals surface area contributed by atoms with Gasteiger partial charge in [-0.2, -0.15) is 0 Å². The highest BCUT2D eigenvalue weighted by Gasteiger charge is 2.23. The molecule has 2 atom stereocenters. The molecule has 0 spiro atoms. The van der Waals surface area contributed by atoms with Crippen LogP contribution >= 0.6 is 15.9 Å². The highest BCUT2D eigenvalue weighted by atomic mass is 79.9. The number of ether oxygens (including phenoxy) is 2. The van der Waals surface area contributed by atoms with E-state index in [1.165, 1.54) is 0 Å². The highest BCUT2D eigenvalue weighted by molar-refractivity contribution is 9.10. The fourth-order valence-corrected chi connectivity index (χ4v) is 2.54. The van der Waals surface area contributed by atoms with Crippen LogP contribution < -0.4 is 14.8 Å². The first-order chi connectivity index (χ1) is 9.52. The van der Waals surface area contributed by atoms with Crippen molar-refractivity contribution in [2.45, 2.75) is 32.9 Å². The summed E-state index contributed by atoms with van der Waals surface area (Å²) in [6.45, 7) is 4.60. The molecule has 20 heavy (non-hydrogen) atoms. The van der Waals surface area contributed by atoms with Crippen LogP contribution in [-0.4, -0.2) is 23.9 Å². The van der Waals surface area contributed by atoms with Crippen LogP contribution in [0.25, 0.3) is 0 Å². The van der Waals surface area contributed by atoms with Gasteiger partial charge in [-0.3, -0.25) is 4.79 Å². The molecule has 1 heterocycles. The van der Waals surface area contributed by atoms with Crippen molar-refractivity contribution in [3.63, 3.8) is 0 Å². The number of hydrogen-bond acceptors (Lipinski definition) is 4. The van der Waals surface area contributed by atoms with E-state index in [1.807, 2.05) is 26.0 Å². The Bertz CT molecular complexity index is 506. The van der Waals surface area contributed by atoms with Gasteiger partial charge in [0.15, 0.2) is 11.5 Å². The minimum Gasteiger partial charge on any atom is -0.480 e. The number of rotatable bonds is 6. The Morgan fingerprint density at radius 3 is 2.70 bits per heavy atom. The van der Waals surface area contributed by atoms with Crippen LogP contribution in [0.1, 0.15) is 25.8 Å². The number of nitrogens with one attached hydrogen (secondary N) is 1. The number of carboxylic acids is 1. The number of halogens is 1. The van der Waals surface area contributed by atoms with Crippen molar-refractivity contribution in [2.75, 3.05) is 6.79 Å². The second-order valence-electron chi connectivity index (χ2n) is 4.88. The molecule has 0 aliphatic carbocycles. The number of carbonyl (C=O) groups is 1. The first-order valence-electron chi connectivity index (χ1n) is 6.57. The Hall–Kier alpha value is -1.27. The van der Waals surface area contributed by atoms with Gasteiger partial charge in [-0.05, 0) is 23.6 Å². The van der Waals surface area contributed by atoms with Gasteiger partial charge >= 0.3 is 5.97 Å². The van der Waals surface area contributed by atoms with E-state index in [2.05, 4.69) is 21.2 Å². The molecule has 5 nitrogen and oxygen atoms in total. The van der Waals surface area contributed by atoms with Gasteiger partial charge in [-0.15, -0.1) is 0 Å². The summed E-state index contributed by atoms with van der Waals surface area (Å²) in [5.41, 5.74) is 0.948. The quantitative estimate of drug-likeness (QED) is 0.831. The topological polar surface area (TPSA) is 67.8 Å². The third-order valence-corrected chi connectivity index (χ3v) is 4.27. The fourth-order valence-electron chi connectivity index (χ4n) is 2.08. The molecule has 110 valence electrons. The van der Waals surface area contributed by atoms with Crippen LogP contribution in [0.5, 0.6) is 11.5 Å². The van der Waals surface area contributed by atoms with Crippen molar-refractivity contribution in [1.29, 1.82) is 0 Å². The molecule has 1 aliphatic heterocycles. The fraction of sp³-hybridized carbons (Fsp3) is 0.500. The molecule has 0 amide bonds. The van der Waals surface area contributed by atoms with E-state index in [0.29, 0.717) is 18.0 Å². The minimum atomic E-state index is -0.823. The number of benzene rings is 1. The predicted molar refractivity (Wildman–Crippen MR) is 78.0 cm³/mol. The van der Waals surface area contributed by atoms with Crippen LogP contribution in [0.2, 0.25) is 0 Å². The van der Waals surface area contributed by atoms with Crippen molar-refractivity contribution in [3.05, 3.63) is 22.2 Å². The van der Waals surface area contributed by atoms with E-state index in [-0.39, 0.29) is 12.7 Å². The lowest BCUT2D eigenvalue weighted by Crippen LogP contribution is -2.41. The molecule has 0 unspecified atom stereocenters. The number of carboxylic acid groups (broad SMARTS) is 1. The van der Waals surface area contributed by atoms with E-state index in [1.54, 1.807) is 0 Å². The van der Waals surface area contributed by atoms with Crippen LogP contribution in [-0.2, 0) is 11.3 Å². The molecule has 1 aromatic carbocycles. The molecule has 0 saturated heterocycles. The second-order valence-corrected chi connectivity index (χ2v) is 5.73. The van der Waals surface area contributed by atoms with Gasteiger partial charge in [0.2, 0.25) is 6.79 Å². The molecule has 6 heteroatoms. The van der Waals surface area contributed by atoms with Crippen LogP contribution in [0.15, 0.2) is 16.6 Å². The Morgan fingerprint density at radius 1 is 1.45 bits per heavy atom. The van der Waals surface area contributed by atoms with E-state index in [4.69, 9.17) is 9.47 Å². The first-order valence-corrected chi connectivity index (χ1v) is 7.36. The largest absolute Gasteiger partial charge is 0.480 e. The van der Waals surface area contributed by atoms with Crippen molar-refractivity contribution in [2.24, 2.45) is 5.92 Å². The summed E-state index contributed by atoms with van der Waals surface area (Å²) in [5.74, 6) is 0.647. The summed E-state index contributed by atoms with van der Waals surface area (Å²) in [6, 6.07) is 3.16. The molecular weight excluding hydrogens is 326 g/mol. The average molecular weight is 344 g/mol. The molecule has 1 aliphatic rings. The first kappa shape index (κ1) is 15.1. The molecule has 2 rings (SSSR count). The molecule has 0 radical (unpaired) electrons. The zero-order valence-electron chi connectivity index (χ0n) is 11.5. The lowest BCUT2D eigenvalue weighted by molar-refractivity contribution is -0.140. The maximum Gasteiger partial charge on any atom is 0.320 e. The molecular formula is C14H18BrNO4. The third kappa shape index (κ3) is 3.24. The summed E-state index contributed by atoms with van der Waals surface area (Å²) in [6.07, 6.45) is 0.812. The molecule has 0 bridgehead atoms. The van der Waals surface area contributed by atoms with Gasteiger partial charge in [0, 0.05) is 11.0 Å². The number of fused-ring (bicyclic) bond motifs is 1. The Morgan fingerprint density at radius 2 is 2.10 bits per heavy atom. The van der Waals surface area contributed by atoms with Crippen molar-refractivity contribution >= 4 is 21.9 Å². The van der Waals surface area contributed by atoms with E-state index >= 15 is 0 Å². The van der Waals surface area contributed by atoms with Gasteiger partial charge in [-0.1, -0.05) is 36.2 Å². The summed E-state index contributed by atoms with van der Waals surface area (Å²) in [4.78, 5) is 11.3. The van der Waals surface area contributed by atoms with E-state index < -0.39 is 12.0 Å². The molecule has 0 fully saturated rings. The predicted octanol–water partition coefficient (Wildman–Crippen LogP) is 2.77. The highest BCUT2D eigenvalue weighted by Crippen LogP contribution is 2.36. The molecule has 0 saturated carbocycles. The Balaban J connectivity index is 2.08. The summed E-state index contributed by atoms with van der Waals surface area (Å²) >= 11 is 3.47. The SMILES string of the molecule is CC[C@H](C)[C@H](NCc1cc2c(cc1Br)OCO2)C(=O)O. The van der Waals surface area contributed by atoms with E-state index in [9.17, 15) is 9.90 Å². The van der Waals surface area contributed by atoms with Crippen LogP contribution in [0, 0.1) is 5.92 Å². The smallest absolute Gasteiger partial charge is 0.320 e. The van der Waals surface area contributed by atoms with Crippen molar-refractivity contribution < 1.29 is 19.4 Å². The lowest BCUT2D eigenvalue weighted by atomic mass is 9.99. The summed E-state index contributed by atoms with van der Waals surface area (Å²) in [7, 11) is 0. The number of hydrogen-bond donors (Lipinski definition) is 2. The maximum atomic E-state index is 11.3. The summed E-state index contributed by atoms with van der Waals surface area (Å²) < 4.78 is 11.5. The Labute approximate surface area is 126 Å². The summed E-state index contributed by atoms with van der Waals surface area (Å²) in [5, 5.41) is 12.4. The van der Waals surface area contributed by atoms with Gasteiger partial charge in [0.25, 0.3) is 0 Å². The van der Waals surface area contributed by atoms with Crippen LogP contribution in [0.4, 0.5) is 0 Å². The maximum absolute atomic E-state index is 11.3. The molecule has 0 aromatic heterocycles. The molecule has 1 aromatic rings. The van der Waals surface area contributed by atoms with Gasteiger partial charge in [0.05, 0.1) is 0 Å². The third-order valence-electron chi connectivity index (χ3n) is 3.53. The lowest BCUT2D eigenvalue weighted by Gasteiger charge is -2.20. The average Bonchev–Trinajstić information content (AvgIpc) is 2.85. The standard InChI is InChI=1S/C14H18BrNO4/c1-3-8(2)13(14(17)18)16-6-9-4-11-12(5-10(9)15)20-7-19-11/h4-5,8,13,16H,3,6-7H2,1-2H3,(H,17,18)/t8-,13-/m0/s1. The van der Waals surface area contributed by atoms with E-state index in [0.717, 1.165) is 16.5 Å². The van der Waals surface area contributed by atoms with Crippen LogP contribution in [0.3, 0.4) is 0 Å². The Kier molecular flexibility index (Phi) is 4.88. The molecule has 2 N–H and O–H groups in total. The van der Waals surface area contributed by atoms with Crippen molar-refractivity contribution in [1.82, 2.24) is 5.32 Å². The zero-order valence-corrected chi connectivity index (χ0v) is 13.1.